The van der Waals surface area contributed by atoms with Crippen molar-refractivity contribution < 1.29 is 4.21 Å². The summed E-state index contributed by atoms with van der Waals surface area (Å²) in [5.74, 6) is 0. The molecule has 0 rings (SSSR count). The summed E-state index contributed by atoms with van der Waals surface area (Å²) in [6.07, 6.45) is 3.60. The molecule has 0 amide bonds. The molecule has 0 saturated heterocycles. The third kappa shape index (κ3) is 5.75. The minimum Gasteiger partial charge on any atom is -0.234 e. The minimum absolute atomic E-state index is 0.275. The molecule has 0 saturated carbocycles. The number of allylic oxidation sites excluding steroid dienone is 1. The summed E-state index contributed by atoms with van der Waals surface area (Å²) in [4.78, 5) is 0. The highest BCUT2D eigenvalue weighted by Crippen LogP contribution is 2.12. The summed E-state index contributed by atoms with van der Waals surface area (Å²) in [5, 5.41) is 0. The van der Waals surface area contributed by atoms with Gasteiger partial charge >= 0.3 is 0 Å². The molecule has 0 fully saturated rings. The van der Waals surface area contributed by atoms with Crippen molar-refractivity contribution in [2.24, 2.45) is 4.40 Å². The van der Waals surface area contributed by atoms with Gasteiger partial charge in [-0.25, -0.2) is 4.21 Å². The van der Waals surface area contributed by atoms with Crippen LogP contribution >= 0.6 is 0 Å². The van der Waals surface area contributed by atoms with Gasteiger partial charge in [0, 0.05) is 6.21 Å². The van der Waals surface area contributed by atoms with Crippen LogP contribution in [0, 0.1) is 0 Å². The van der Waals surface area contributed by atoms with Crippen molar-refractivity contribution in [1.82, 2.24) is 0 Å². The molecule has 2 nitrogen and oxygen atoms in total. The Balaban J connectivity index is 4.13. The standard InChI is InChI=1S/C10H19NOS/c1-6-7-9(2)8-11-13(12)10(3,4)5/h8H,2,6-7H2,1,3-5H3/b11-8+. The normalized spacial score (nSPS) is 14.8. The monoisotopic (exact) mass is 201 g/mol. The molecule has 0 aromatic carbocycles. The third-order valence-corrected chi connectivity index (χ3v) is 2.77. The van der Waals surface area contributed by atoms with E-state index in [2.05, 4.69) is 17.9 Å². The molecule has 13 heavy (non-hydrogen) atoms. The molecule has 0 aromatic heterocycles. The summed E-state index contributed by atoms with van der Waals surface area (Å²) in [6.45, 7) is 11.6. The molecule has 0 spiro atoms. The molecule has 0 bridgehead atoms. The molecule has 0 heterocycles. The van der Waals surface area contributed by atoms with Gasteiger partial charge < -0.3 is 0 Å². The topological polar surface area (TPSA) is 29.4 Å². The number of hydrogen-bond acceptors (Lipinski definition) is 1. The first kappa shape index (κ1) is 12.6. The Morgan fingerprint density at radius 2 is 2.08 bits per heavy atom. The van der Waals surface area contributed by atoms with E-state index in [-0.39, 0.29) is 4.75 Å². The number of nitrogens with zero attached hydrogens (tertiary/aromatic N) is 1. The second kappa shape index (κ2) is 5.32. The highest BCUT2D eigenvalue weighted by atomic mass is 32.2. The fourth-order valence-corrected chi connectivity index (χ4v) is 1.23. The second-order valence-corrected chi connectivity index (χ2v) is 5.94. The lowest BCUT2D eigenvalue weighted by atomic mass is 10.2. The number of rotatable bonds is 4. The van der Waals surface area contributed by atoms with E-state index in [4.69, 9.17) is 0 Å². The fraction of sp³-hybridized carbons (Fsp3) is 0.700. The zero-order valence-electron chi connectivity index (χ0n) is 8.96. The predicted molar refractivity (Wildman–Crippen MR) is 60.4 cm³/mol. The predicted octanol–water partition coefficient (Wildman–Crippen LogP) is 2.88. The average molecular weight is 201 g/mol. The Labute approximate surface area is 83.7 Å². The van der Waals surface area contributed by atoms with E-state index in [0.29, 0.717) is 0 Å². The Morgan fingerprint density at radius 3 is 2.46 bits per heavy atom. The van der Waals surface area contributed by atoms with Gasteiger partial charge in [0.25, 0.3) is 0 Å². The van der Waals surface area contributed by atoms with Crippen molar-refractivity contribution in [2.75, 3.05) is 0 Å². The summed E-state index contributed by atoms with van der Waals surface area (Å²) in [7, 11) is -1.15. The van der Waals surface area contributed by atoms with E-state index < -0.39 is 11.0 Å². The van der Waals surface area contributed by atoms with Gasteiger partial charge in [-0.05, 0) is 32.8 Å². The van der Waals surface area contributed by atoms with Gasteiger partial charge in [-0.1, -0.05) is 19.9 Å². The van der Waals surface area contributed by atoms with Crippen LogP contribution in [-0.4, -0.2) is 15.2 Å². The van der Waals surface area contributed by atoms with Gasteiger partial charge in [-0.3, -0.25) is 0 Å². The maximum atomic E-state index is 11.4. The Kier molecular flexibility index (Phi) is 5.14. The zero-order chi connectivity index (χ0) is 10.5. The van der Waals surface area contributed by atoms with Crippen molar-refractivity contribution in [3.63, 3.8) is 0 Å². The van der Waals surface area contributed by atoms with E-state index >= 15 is 0 Å². The molecule has 1 atom stereocenters. The van der Waals surface area contributed by atoms with Crippen molar-refractivity contribution in [3.8, 4) is 0 Å². The Bertz CT molecular complexity index is 226. The average Bonchev–Trinajstić information content (AvgIpc) is 1.99. The van der Waals surface area contributed by atoms with E-state index in [1.165, 1.54) is 0 Å². The van der Waals surface area contributed by atoms with Gasteiger partial charge in [-0.2, -0.15) is 4.40 Å². The number of hydrogen-bond donors (Lipinski definition) is 0. The quantitative estimate of drug-likeness (QED) is 0.643. The summed E-state index contributed by atoms with van der Waals surface area (Å²) in [5.41, 5.74) is 0.945. The van der Waals surface area contributed by atoms with E-state index in [1.54, 1.807) is 6.21 Å². The van der Waals surface area contributed by atoms with Gasteiger partial charge in [0.05, 0.1) is 4.75 Å². The van der Waals surface area contributed by atoms with Crippen molar-refractivity contribution >= 4 is 17.2 Å². The van der Waals surface area contributed by atoms with Crippen LogP contribution in [-0.2, 0) is 11.0 Å². The lowest BCUT2D eigenvalue weighted by molar-refractivity contribution is 0.651. The summed E-state index contributed by atoms with van der Waals surface area (Å²) in [6, 6.07) is 0. The van der Waals surface area contributed by atoms with Gasteiger partial charge in [0.15, 0.2) is 0 Å². The lowest BCUT2D eigenvalue weighted by Crippen LogP contribution is -2.19. The SMILES string of the molecule is C=C(/C=N/S(=O)C(C)(C)C)CCC. The summed E-state index contributed by atoms with van der Waals surface area (Å²) < 4.78 is 15.1. The third-order valence-electron chi connectivity index (χ3n) is 1.43. The van der Waals surface area contributed by atoms with Gasteiger partial charge in [-0.15, -0.1) is 0 Å². The molecule has 0 aliphatic carbocycles. The molecular formula is C10H19NOS. The van der Waals surface area contributed by atoms with Gasteiger partial charge in [0.2, 0.25) is 0 Å². The van der Waals surface area contributed by atoms with Crippen LogP contribution in [0.2, 0.25) is 0 Å². The van der Waals surface area contributed by atoms with E-state index in [1.807, 2.05) is 20.8 Å². The molecule has 0 aromatic rings. The van der Waals surface area contributed by atoms with Crippen LogP contribution < -0.4 is 0 Å². The van der Waals surface area contributed by atoms with E-state index in [0.717, 1.165) is 18.4 Å². The van der Waals surface area contributed by atoms with Crippen LogP contribution in [0.25, 0.3) is 0 Å². The fourth-order valence-electron chi connectivity index (χ4n) is 0.666. The molecule has 3 heteroatoms. The molecule has 0 N–H and O–H groups in total. The Morgan fingerprint density at radius 1 is 1.54 bits per heavy atom. The van der Waals surface area contributed by atoms with Crippen LogP contribution in [0.4, 0.5) is 0 Å². The first-order valence-electron chi connectivity index (χ1n) is 4.51. The van der Waals surface area contributed by atoms with Crippen molar-refractivity contribution in [3.05, 3.63) is 12.2 Å². The van der Waals surface area contributed by atoms with E-state index in [9.17, 15) is 4.21 Å². The second-order valence-electron chi connectivity index (χ2n) is 4.00. The Hall–Kier alpha value is -0.440. The smallest absolute Gasteiger partial charge is 0.144 e. The van der Waals surface area contributed by atoms with Crippen LogP contribution in [0.15, 0.2) is 16.5 Å². The highest BCUT2D eigenvalue weighted by molar-refractivity contribution is 7.85. The van der Waals surface area contributed by atoms with Gasteiger partial charge in [0.1, 0.15) is 11.0 Å². The lowest BCUT2D eigenvalue weighted by Gasteiger charge is -2.12. The van der Waals surface area contributed by atoms with Crippen molar-refractivity contribution in [2.45, 2.75) is 45.3 Å². The van der Waals surface area contributed by atoms with Crippen LogP contribution in [0.5, 0.6) is 0 Å². The molecule has 0 radical (unpaired) electrons. The highest BCUT2D eigenvalue weighted by Gasteiger charge is 2.17. The molecule has 0 aliphatic heterocycles. The molecule has 0 aliphatic rings. The first-order chi connectivity index (χ1) is 5.88. The minimum atomic E-state index is -1.15. The maximum Gasteiger partial charge on any atom is 0.144 e. The summed E-state index contributed by atoms with van der Waals surface area (Å²) >= 11 is 0. The molecule has 76 valence electrons. The van der Waals surface area contributed by atoms with Crippen molar-refractivity contribution in [1.29, 1.82) is 0 Å². The van der Waals surface area contributed by atoms with Crippen LogP contribution in [0.1, 0.15) is 40.5 Å². The first-order valence-corrected chi connectivity index (χ1v) is 5.62. The largest absolute Gasteiger partial charge is 0.234 e. The molecule has 1 unspecified atom stereocenters. The maximum absolute atomic E-state index is 11.4. The van der Waals surface area contributed by atoms with Crippen LogP contribution in [0.3, 0.4) is 0 Å². The zero-order valence-corrected chi connectivity index (χ0v) is 9.78. The molecular weight excluding hydrogens is 182 g/mol.